The van der Waals surface area contributed by atoms with Gasteiger partial charge in [-0.15, -0.1) is 12.4 Å². The first kappa shape index (κ1) is 21.4. The molecule has 1 aliphatic rings. The number of rotatable bonds is 5. The number of morpholine rings is 1. The van der Waals surface area contributed by atoms with Crippen molar-refractivity contribution in [1.82, 2.24) is 14.9 Å². The van der Waals surface area contributed by atoms with Gasteiger partial charge in [0.2, 0.25) is 0 Å². The van der Waals surface area contributed by atoms with Crippen molar-refractivity contribution in [1.29, 1.82) is 0 Å². The van der Waals surface area contributed by atoms with Crippen LogP contribution in [0.3, 0.4) is 0 Å². The fraction of sp³-hybridized carbons (Fsp3) is 0.292. The molecule has 0 spiro atoms. The maximum Gasteiger partial charge on any atom is 0.256 e. The fourth-order valence-electron chi connectivity index (χ4n) is 4.16. The summed E-state index contributed by atoms with van der Waals surface area (Å²) < 4.78 is 11.4. The van der Waals surface area contributed by atoms with Gasteiger partial charge in [-0.2, -0.15) is 0 Å². The molecule has 4 aromatic rings. The van der Waals surface area contributed by atoms with Crippen molar-refractivity contribution in [3.05, 3.63) is 64.6 Å². The molecule has 0 atom stereocenters. The summed E-state index contributed by atoms with van der Waals surface area (Å²) in [5, 5.41) is 2.04. The molecule has 2 N–H and O–H groups in total. The van der Waals surface area contributed by atoms with Gasteiger partial charge in [0, 0.05) is 53.4 Å². The van der Waals surface area contributed by atoms with Gasteiger partial charge in [0.25, 0.3) is 5.56 Å². The molecule has 162 valence electrons. The summed E-state index contributed by atoms with van der Waals surface area (Å²) in [6.07, 6.45) is 1.90. The highest BCUT2D eigenvalue weighted by Crippen LogP contribution is 2.30. The number of benzene rings is 2. The van der Waals surface area contributed by atoms with Crippen LogP contribution in [0.2, 0.25) is 0 Å². The van der Waals surface area contributed by atoms with E-state index in [1.54, 1.807) is 0 Å². The summed E-state index contributed by atoms with van der Waals surface area (Å²) >= 11 is 0. The molecule has 31 heavy (non-hydrogen) atoms. The Balaban J connectivity index is 0.00000231. The largest absolute Gasteiger partial charge is 0.492 e. The number of aromatic nitrogens is 2. The number of nitrogens with zero attached hydrogens (tertiary/aromatic N) is 1. The zero-order valence-electron chi connectivity index (χ0n) is 17.4. The topological polar surface area (TPSA) is 70.3 Å². The third kappa shape index (κ3) is 4.19. The Morgan fingerprint density at radius 2 is 1.90 bits per heavy atom. The molecule has 0 amide bonds. The van der Waals surface area contributed by atoms with E-state index in [9.17, 15) is 4.79 Å². The molecular formula is C24H26ClN3O3. The van der Waals surface area contributed by atoms with Crippen LogP contribution >= 0.6 is 12.4 Å². The van der Waals surface area contributed by atoms with Gasteiger partial charge in [0.1, 0.15) is 12.4 Å². The number of halogens is 1. The van der Waals surface area contributed by atoms with Crippen LogP contribution in [0.5, 0.6) is 5.75 Å². The molecule has 1 saturated heterocycles. The van der Waals surface area contributed by atoms with Crippen LogP contribution < -0.4 is 10.3 Å². The lowest BCUT2D eigenvalue weighted by Gasteiger charge is -2.26. The number of aromatic amines is 2. The molecular weight excluding hydrogens is 414 g/mol. The SMILES string of the molecule is Cc1c(OCCN2CCOCC2)ccc2cc(-c3c[nH]c4ccccc34)c(=O)[nH]c12.Cl. The number of nitrogens with one attached hydrogen (secondary N) is 2. The van der Waals surface area contributed by atoms with Gasteiger partial charge in [-0.3, -0.25) is 9.69 Å². The van der Waals surface area contributed by atoms with Crippen molar-refractivity contribution in [2.24, 2.45) is 0 Å². The summed E-state index contributed by atoms with van der Waals surface area (Å²) in [5.74, 6) is 0.811. The molecule has 3 heterocycles. The smallest absolute Gasteiger partial charge is 0.256 e. The Hall–Kier alpha value is -2.80. The predicted octanol–water partition coefficient (Wildman–Crippen LogP) is 4.12. The van der Waals surface area contributed by atoms with Crippen molar-refractivity contribution in [3.63, 3.8) is 0 Å². The van der Waals surface area contributed by atoms with Gasteiger partial charge in [-0.25, -0.2) is 0 Å². The minimum absolute atomic E-state index is 0. The van der Waals surface area contributed by atoms with E-state index in [2.05, 4.69) is 14.9 Å². The molecule has 5 rings (SSSR count). The van der Waals surface area contributed by atoms with E-state index >= 15 is 0 Å². The van der Waals surface area contributed by atoms with Gasteiger partial charge in [0.15, 0.2) is 0 Å². The van der Waals surface area contributed by atoms with Crippen molar-refractivity contribution < 1.29 is 9.47 Å². The number of pyridine rings is 1. The maximum absolute atomic E-state index is 12.9. The first-order chi connectivity index (χ1) is 14.7. The van der Waals surface area contributed by atoms with Crippen LogP contribution in [0.1, 0.15) is 5.56 Å². The Morgan fingerprint density at radius 3 is 2.74 bits per heavy atom. The molecule has 7 heteroatoms. The molecule has 1 fully saturated rings. The van der Waals surface area contributed by atoms with Crippen molar-refractivity contribution >= 4 is 34.2 Å². The third-order valence-corrected chi connectivity index (χ3v) is 5.88. The zero-order chi connectivity index (χ0) is 20.5. The van der Waals surface area contributed by atoms with Gasteiger partial charge < -0.3 is 19.4 Å². The van der Waals surface area contributed by atoms with Crippen molar-refractivity contribution in [2.45, 2.75) is 6.92 Å². The van der Waals surface area contributed by atoms with Crippen LogP contribution in [-0.4, -0.2) is 54.3 Å². The number of aryl methyl sites for hydroxylation is 1. The number of hydrogen-bond acceptors (Lipinski definition) is 4. The average molecular weight is 440 g/mol. The number of ether oxygens (including phenoxy) is 2. The fourth-order valence-corrected chi connectivity index (χ4v) is 4.16. The lowest BCUT2D eigenvalue weighted by Crippen LogP contribution is -2.38. The quantitative estimate of drug-likeness (QED) is 0.490. The van der Waals surface area contributed by atoms with Crippen LogP contribution in [0.15, 0.2) is 53.5 Å². The first-order valence-electron chi connectivity index (χ1n) is 10.4. The van der Waals surface area contributed by atoms with E-state index in [1.807, 2.05) is 55.6 Å². The zero-order valence-corrected chi connectivity index (χ0v) is 18.3. The highest BCUT2D eigenvalue weighted by Gasteiger charge is 2.14. The molecule has 0 aliphatic carbocycles. The molecule has 0 unspecified atom stereocenters. The van der Waals surface area contributed by atoms with Crippen LogP contribution in [0, 0.1) is 6.92 Å². The normalized spacial score (nSPS) is 14.6. The molecule has 0 radical (unpaired) electrons. The monoisotopic (exact) mass is 439 g/mol. The van der Waals surface area contributed by atoms with E-state index < -0.39 is 0 Å². The van der Waals surface area contributed by atoms with E-state index in [4.69, 9.17) is 9.47 Å². The second kappa shape index (κ2) is 9.14. The summed E-state index contributed by atoms with van der Waals surface area (Å²) in [4.78, 5) is 21.6. The molecule has 0 bridgehead atoms. The van der Waals surface area contributed by atoms with E-state index in [1.165, 1.54) is 0 Å². The highest BCUT2D eigenvalue weighted by atomic mass is 35.5. The number of hydrogen-bond donors (Lipinski definition) is 2. The summed E-state index contributed by atoms with van der Waals surface area (Å²) in [6, 6.07) is 14.0. The van der Waals surface area contributed by atoms with Crippen LogP contribution in [0.25, 0.3) is 32.9 Å². The summed E-state index contributed by atoms with van der Waals surface area (Å²) in [7, 11) is 0. The van der Waals surface area contributed by atoms with E-state index in [-0.39, 0.29) is 18.0 Å². The summed E-state index contributed by atoms with van der Waals surface area (Å²) in [5.41, 5.74) is 4.29. The number of H-pyrrole nitrogens is 2. The summed E-state index contributed by atoms with van der Waals surface area (Å²) in [6.45, 7) is 6.95. The van der Waals surface area contributed by atoms with Gasteiger partial charge in [-0.05, 0) is 36.6 Å². The van der Waals surface area contributed by atoms with Crippen molar-refractivity contribution in [3.8, 4) is 16.9 Å². The minimum atomic E-state index is -0.0965. The number of fused-ring (bicyclic) bond motifs is 2. The van der Waals surface area contributed by atoms with E-state index in [0.717, 1.165) is 71.5 Å². The van der Waals surface area contributed by atoms with Gasteiger partial charge in [-0.1, -0.05) is 18.2 Å². The highest BCUT2D eigenvalue weighted by molar-refractivity contribution is 5.97. The average Bonchev–Trinajstić information content (AvgIpc) is 3.20. The van der Waals surface area contributed by atoms with Crippen LogP contribution in [0.4, 0.5) is 0 Å². The van der Waals surface area contributed by atoms with E-state index in [0.29, 0.717) is 12.2 Å². The van der Waals surface area contributed by atoms with Gasteiger partial charge >= 0.3 is 0 Å². The second-order valence-electron chi connectivity index (χ2n) is 7.72. The predicted molar refractivity (Wildman–Crippen MR) is 127 cm³/mol. The Morgan fingerprint density at radius 1 is 1.10 bits per heavy atom. The first-order valence-corrected chi connectivity index (χ1v) is 10.4. The number of para-hydroxylation sites is 1. The second-order valence-corrected chi connectivity index (χ2v) is 7.72. The Kier molecular flexibility index (Phi) is 6.32. The van der Waals surface area contributed by atoms with Gasteiger partial charge in [0.05, 0.1) is 18.7 Å². The molecule has 2 aromatic heterocycles. The minimum Gasteiger partial charge on any atom is -0.492 e. The molecule has 6 nitrogen and oxygen atoms in total. The molecule has 2 aromatic carbocycles. The molecule has 0 saturated carbocycles. The third-order valence-electron chi connectivity index (χ3n) is 5.88. The Bertz CT molecular complexity index is 1260. The van der Waals surface area contributed by atoms with Crippen molar-refractivity contribution in [2.75, 3.05) is 39.5 Å². The lowest BCUT2D eigenvalue weighted by atomic mass is 10.0. The maximum atomic E-state index is 12.9. The lowest BCUT2D eigenvalue weighted by molar-refractivity contribution is 0.0322. The standard InChI is InChI=1S/C24H25N3O3.ClH/c1-16-22(30-13-10-27-8-11-29-12-9-27)7-6-17-14-19(24(28)26-23(16)17)20-15-25-21-5-3-2-4-18(20)21;/h2-7,14-15,25H,8-13H2,1H3,(H,26,28);1H. The van der Waals surface area contributed by atoms with Crippen LogP contribution in [-0.2, 0) is 4.74 Å². The Labute approximate surface area is 186 Å². The molecule has 1 aliphatic heterocycles.